The number of imidazole rings is 1. The summed E-state index contributed by atoms with van der Waals surface area (Å²) in [4.78, 5) is 4.81. The Morgan fingerprint density at radius 2 is 1.81 bits per heavy atom. The zero-order chi connectivity index (χ0) is 15.6. The van der Waals surface area contributed by atoms with Gasteiger partial charge in [-0.2, -0.15) is 0 Å². The lowest BCUT2D eigenvalue weighted by Gasteiger charge is -2.26. The summed E-state index contributed by atoms with van der Waals surface area (Å²) in [6.45, 7) is 12.5. The molecule has 1 aromatic carbocycles. The van der Waals surface area contributed by atoms with Crippen molar-refractivity contribution in [3.63, 3.8) is 0 Å². The molecule has 0 saturated heterocycles. The van der Waals surface area contributed by atoms with Crippen molar-refractivity contribution in [1.29, 1.82) is 0 Å². The fourth-order valence-electron chi connectivity index (χ4n) is 3.29. The highest BCUT2D eigenvalue weighted by Crippen LogP contribution is 2.27. The van der Waals surface area contributed by atoms with E-state index in [1.54, 1.807) is 0 Å². The van der Waals surface area contributed by atoms with Gasteiger partial charge in [-0.15, -0.1) is 11.6 Å². The van der Waals surface area contributed by atoms with Crippen molar-refractivity contribution >= 4 is 22.6 Å². The van der Waals surface area contributed by atoms with E-state index < -0.39 is 0 Å². The van der Waals surface area contributed by atoms with Crippen LogP contribution < -0.4 is 0 Å². The molecule has 0 atom stereocenters. The van der Waals surface area contributed by atoms with Crippen molar-refractivity contribution < 1.29 is 0 Å². The summed E-state index contributed by atoms with van der Waals surface area (Å²) in [5.74, 6) is 3.72. The number of hydrogen-bond donors (Lipinski definition) is 0. The van der Waals surface area contributed by atoms with E-state index in [-0.39, 0.29) is 0 Å². The first-order valence-electron chi connectivity index (χ1n) is 7.96. The van der Waals surface area contributed by atoms with Gasteiger partial charge in [0, 0.05) is 18.8 Å². The smallest absolute Gasteiger partial charge is 0.111 e. The minimum atomic E-state index is 0.621. The summed E-state index contributed by atoms with van der Waals surface area (Å²) in [6, 6.07) is 6.36. The van der Waals surface area contributed by atoms with Crippen molar-refractivity contribution in [1.82, 2.24) is 9.55 Å². The number of alkyl halides is 1. The highest BCUT2D eigenvalue weighted by molar-refractivity contribution is 6.17. The van der Waals surface area contributed by atoms with Gasteiger partial charge in [0.15, 0.2) is 0 Å². The molecule has 1 aromatic heterocycles. The molecule has 0 aliphatic rings. The Morgan fingerprint density at radius 3 is 2.38 bits per heavy atom. The number of para-hydroxylation sites is 1. The van der Waals surface area contributed by atoms with Crippen LogP contribution in [0.5, 0.6) is 0 Å². The zero-order valence-corrected chi connectivity index (χ0v) is 14.6. The molecule has 2 rings (SSSR count). The van der Waals surface area contributed by atoms with E-state index in [9.17, 15) is 0 Å². The largest absolute Gasteiger partial charge is 0.327 e. The maximum atomic E-state index is 5.98. The number of nitrogens with zero attached hydrogens (tertiary/aromatic N) is 2. The van der Waals surface area contributed by atoms with Crippen LogP contribution in [0.2, 0.25) is 0 Å². The van der Waals surface area contributed by atoms with Crippen molar-refractivity contribution in [3.05, 3.63) is 29.6 Å². The first kappa shape index (κ1) is 16.4. The van der Waals surface area contributed by atoms with Crippen LogP contribution in [0.15, 0.2) is 18.2 Å². The first-order valence-corrected chi connectivity index (χ1v) is 8.49. The highest BCUT2D eigenvalue weighted by Gasteiger charge is 2.21. The van der Waals surface area contributed by atoms with Gasteiger partial charge in [0.2, 0.25) is 0 Å². The van der Waals surface area contributed by atoms with E-state index in [4.69, 9.17) is 16.6 Å². The predicted octanol–water partition coefficient (Wildman–Crippen LogP) is 5.05. The minimum absolute atomic E-state index is 0.621. The topological polar surface area (TPSA) is 17.8 Å². The number of aromatic nitrogens is 2. The van der Waals surface area contributed by atoms with Crippen LogP contribution in [0.1, 0.15) is 39.1 Å². The van der Waals surface area contributed by atoms with Gasteiger partial charge in [0.1, 0.15) is 5.82 Å². The third-order valence-corrected chi connectivity index (χ3v) is 4.66. The molecule has 0 saturated carbocycles. The molecule has 0 aliphatic carbocycles. The van der Waals surface area contributed by atoms with Crippen LogP contribution in [0.4, 0.5) is 0 Å². The third kappa shape index (κ3) is 3.42. The van der Waals surface area contributed by atoms with Gasteiger partial charge in [0.05, 0.1) is 11.0 Å². The van der Waals surface area contributed by atoms with Crippen molar-refractivity contribution in [3.8, 4) is 0 Å². The zero-order valence-electron chi connectivity index (χ0n) is 13.9. The molecule has 0 aliphatic heterocycles. The van der Waals surface area contributed by atoms with Gasteiger partial charge in [-0.25, -0.2) is 4.98 Å². The Bertz CT molecular complexity index is 591. The standard InChI is InChI=1S/C18H27ClN2/c1-12(2)15(13(3)4)11-21-17(9-10-19)20-16-8-6-7-14(5)18(16)21/h6-8,12-13,15H,9-11H2,1-5H3. The van der Waals surface area contributed by atoms with E-state index in [1.807, 2.05) is 0 Å². The van der Waals surface area contributed by atoms with Crippen LogP contribution in [-0.4, -0.2) is 15.4 Å². The van der Waals surface area contributed by atoms with E-state index in [2.05, 4.69) is 57.4 Å². The predicted molar refractivity (Wildman–Crippen MR) is 92.1 cm³/mol. The summed E-state index contributed by atoms with van der Waals surface area (Å²) in [5, 5.41) is 0. The lowest BCUT2D eigenvalue weighted by Crippen LogP contribution is -2.23. The molecule has 116 valence electrons. The number of halogens is 1. The third-order valence-electron chi connectivity index (χ3n) is 4.47. The Morgan fingerprint density at radius 1 is 1.14 bits per heavy atom. The molecular formula is C18H27ClN2. The molecule has 1 heterocycles. The van der Waals surface area contributed by atoms with Crippen molar-refractivity contribution in [2.45, 2.75) is 47.6 Å². The van der Waals surface area contributed by atoms with Gasteiger partial charge in [-0.3, -0.25) is 0 Å². The fourth-order valence-corrected chi connectivity index (χ4v) is 3.46. The Balaban J connectivity index is 2.51. The molecule has 0 spiro atoms. The average molecular weight is 307 g/mol. The van der Waals surface area contributed by atoms with E-state index in [1.165, 1.54) is 11.1 Å². The molecule has 0 fully saturated rings. The summed E-state index contributed by atoms with van der Waals surface area (Å²) in [7, 11) is 0. The Labute approximate surface area is 133 Å². The second kappa shape index (κ2) is 6.83. The quantitative estimate of drug-likeness (QED) is 0.683. The number of aryl methyl sites for hydroxylation is 2. The number of fused-ring (bicyclic) bond motifs is 1. The maximum absolute atomic E-state index is 5.98. The summed E-state index contributed by atoms with van der Waals surface area (Å²) in [5.41, 5.74) is 3.68. The first-order chi connectivity index (χ1) is 9.95. The summed E-state index contributed by atoms with van der Waals surface area (Å²) >= 11 is 5.98. The normalized spacial score (nSPS) is 12.2. The average Bonchev–Trinajstić information content (AvgIpc) is 2.74. The molecular weight excluding hydrogens is 280 g/mol. The van der Waals surface area contributed by atoms with Gasteiger partial charge < -0.3 is 4.57 Å². The van der Waals surface area contributed by atoms with Crippen LogP contribution in [0.3, 0.4) is 0 Å². The minimum Gasteiger partial charge on any atom is -0.327 e. The molecule has 0 N–H and O–H groups in total. The van der Waals surface area contributed by atoms with E-state index >= 15 is 0 Å². The molecule has 0 amide bonds. The highest BCUT2D eigenvalue weighted by atomic mass is 35.5. The number of benzene rings is 1. The summed E-state index contributed by atoms with van der Waals surface area (Å²) in [6.07, 6.45) is 0.832. The van der Waals surface area contributed by atoms with Crippen LogP contribution >= 0.6 is 11.6 Å². The van der Waals surface area contributed by atoms with Crippen LogP contribution in [0, 0.1) is 24.7 Å². The molecule has 3 heteroatoms. The lowest BCUT2D eigenvalue weighted by atomic mass is 9.85. The molecule has 2 aromatic rings. The van der Waals surface area contributed by atoms with Gasteiger partial charge in [-0.05, 0) is 36.3 Å². The SMILES string of the molecule is Cc1cccc2nc(CCCl)n(CC(C(C)C)C(C)C)c12. The molecule has 21 heavy (non-hydrogen) atoms. The Kier molecular flexibility index (Phi) is 5.32. The lowest BCUT2D eigenvalue weighted by molar-refractivity contribution is 0.252. The van der Waals surface area contributed by atoms with Gasteiger partial charge in [0.25, 0.3) is 0 Å². The van der Waals surface area contributed by atoms with E-state index in [0.717, 1.165) is 24.3 Å². The summed E-state index contributed by atoms with van der Waals surface area (Å²) < 4.78 is 2.41. The fraction of sp³-hybridized carbons (Fsp3) is 0.611. The second-order valence-electron chi connectivity index (χ2n) is 6.67. The van der Waals surface area contributed by atoms with E-state index in [0.29, 0.717) is 23.6 Å². The molecule has 0 radical (unpaired) electrons. The van der Waals surface area contributed by atoms with Crippen molar-refractivity contribution in [2.75, 3.05) is 5.88 Å². The van der Waals surface area contributed by atoms with Gasteiger partial charge >= 0.3 is 0 Å². The Hall–Kier alpha value is -1.02. The second-order valence-corrected chi connectivity index (χ2v) is 7.05. The maximum Gasteiger partial charge on any atom is 0.111 e. The number of rotatable bonds is 6. The van der Waals surface area contributed by atoms with Gasteiger partial charge in [-0.1, -0.05) is 39.8 Å². The van der Waals surface area contributed by atoms with Crippen LogP contribution in [0.25, 0.3) is 11.0 Å². The molecule has 0 bridgehead atoms. The monoisotopic (exact) mass is 306 g/mol. The number of hydrogen-bond acceptors (Lipinski definition) is 1. The van der Waals surface area contributed by atoms with Crippen LogP contribution in [-0.2, 0) is 13.0 Å². The molecule has 2 nitrogen and oxygen atoms in total. The van der Waals surface area contributed by atoms with Crippen molar-refractivity contribution in [2.24, 2.45) is 17.8 Å². The molecule has 0 unspecified atom stereocenters.